The fourth-order valence-electron chi connectivity index (χ4n) is 2.54. The van der Waals surface area contributed by atoms with Crippen LogP contribution in [0.25, 0.3) is 11.6 Å². The van der Waals surface area contributed by atoms with Crippen molar-refractivity contribution in [2.45, 2.75) is 0 Å². The average Bonchev–Trinajstić information content (AvgIpc) is 3.19. The Kier molecular flexibility index (Phi) is 4.19. The van der Waals surface area contributed by atoms with Crippen LogP contribution in [-0.4, -0.2) is 26.9 Å². The Labute approximate surface area is 157 Å². The van der Waals surface area contributed by atoms with Crippen LogP contribution in [0.5, 0.6) is 5.88 Å². The van der Waals surface area contributed by atoms with Gasteiger partial charge in [0.2, 0.25) is 5.88 Å². The Morgan fingerprint density at radius 1 is 1.23 bits per heavy atom. The number of nitrogens with zero attached hydrogens (tertiary/aromatic N) is 3. The van der Waals surface area contributed by atoms with Crippen LogP contribution in [0.15, 0.2) is 53.8 Å². The number of thiazole rings is 1. The largest absolute Gasteiger partial charge is 0.492 e. The van der Waals surface area contributed by atoms with Crippen LogP contribution in [0, 0.1) is 3.95 Å². The Morgan fingerprint density at radius 3 is 2.81 bits per heavy atom. The summed E-state index contributed by atoms with van der Waals surface area (Å²) in [5.74, 6) is -0.503. The van der Waals surface area contributed by atoms with E-state index in [1.54, 1.807) is 24.4 Å². The molecule has 1 amide bonds. The molecule has 0 unspecified atom stereocenters. The van der Waals surface area contributed by atoms with E-state index in [2.05, 4.69) is 15.4 Å². The molecule has 1 aromatic carbocycles. The minimum absolute atomic E-state index is 0.118. The topological polar surface area (TPSA) is 79.5 Å². The molecule has 0 radical (unpaired) electrons. The quantitative estimate of drug-likeness (QED) is 0.673. The summed E-state index contributed by atoms with van der Waals surface area (Å²) in [6, 6.07) is 10.9. The zero-order valence-corrected chi connectivity index (χ0v) is 14.9. The van der Waals surface area contributed by atoms with Crippen molar-refractivity contribution in [1.82, 2.24) is 9.66 Å². The van der Waals surface area contributed by atoms with Crippen molar-refractivity contribution in [2.75, 3.05) is 5.43 Å². The minimum Gasteiger partial charge on any atom is -0.492 e. The van der Waals surface area contributed by atoms with E-state index < -0.39 is 0 Å². The molecule has 0 atom stereocenters. The lowest BCUT2D eigenvalue weighted by Crippen LogP contribution is -2.22. The highest BCUT2D eigenvalue weighted by Crippen LogP contribution is 2.35. The van der Waals surface area contributed by atoms with Crippen LogP contribution in [0.2, 0.25) is 0 Å². The number of nitrogens with one attached hydrogen (secondary N) is 1. The fraction of sp³-hybridized carbons (Fsp3) is 0. The maximum absolute atomic E-state index is 12.3. The zero-order chi connectivity index (χ0) is 18.1. The van der Waals surface area contributed by atoms with Gasteiger partial charge >= 0.3 is 0 Å². The van der Waals surface area contributed by atoms with Gasteiger partial charge in [0.25, 0.3) is 5.91 Å². The van der Waals surface area contributed by atoms with Gasteiger partial charge in [0, 0.05) is 35.3 Å². The van der Waals surface area contributed by atoms with Crippen LogP contribution in [0.4, 0.5) is 5.69 Å². The number of amides is 1. The maximum atomic E-state index is 12.3. The van der Waals surface area contributed by atoms with E-state index in [0.717, 1.165) is 16.8 Å². The van der Waals surface area contributed by atoms with Gasteiger partial charge in [0.15, 0.2) is 3.95 Å². The molecule has 6 nitrogen and oxygen atoms in total. The van der Waals surface area contributed by atoms with Gasteiger partial charge in [0.1, 0.15) is 0 Å². The zero-order valence-electron chi connectivity index (χ0n) is 13.3. The van der Waals surface area contributed by atoms with Crippen molar-refractivity contribution in [2.24, 2.45) is 4.99 Å². The van der Waals surface area contributed by atoms with Gasteiger partial charge in [-0.1, -0.05) is 29.5 Å². The van der Waals surface area contributed by atoms with Crippen LogP contribution in [0.3, 0.4) is 0 Å². The molecule has 3 heterocycles. The third-order valence-corrected chi connectivity index (χ3v) is 5.12. The highest BCUT2D eigenvalue weighted by molar-refractivity contribution is 7.73. The Bertz CT molecular complexity index is 1110. The summed E-state index contributed by atoms with van der Waals surface area (Å²) in [7, 11) is 0. The molecular formula is C18H12N4O2S2. The summed E-state index contributed by atoms with van der Waals surface area (Å²) in [5.41, 5.74) is 5.76. The number of carbonyl (C=O) groups excluding carboxylic acids is 1. The van der Waals surface area contributed by atoms with E-state index in [0.29, 0.717) is 14.4 Å². The Morgan fingerprint density at radius 2 is 2.00 bits per heavy atom. The van der Waals surface area contributed by atoms with Gasteiger partial charge in [-0.05, 0) is 36.5 Å². The standard InChI is InChI=1S/C18H12N4O2S2/c23-16(11-5-7-19-8-6-11)21-22-17(24)15(26-18(22)25)9-12-10-20-14-4-2-1-3-13(12)14/h1-10,24H,(H,21,23)/b12-9-. The lowest BCUT2D eigenvalue weighted by atomic mass is 10.1. The third kappa shape index (κ3) is 2.96. The second-order valence-electron chi connectivity index (χ2n) is 5.44. The number of aliphatic imine (C=N–C) groups is 1. The lowest BCUT2D eigenvalue weighted by Gasteiger charge is -2.07. The van der Waals surface area contributed by atoms with Crippen molar-refractivity contribution in [3.63, 3.8) is 0 Å². The van der Waals surface area contributed by atoms with Crippen molar-refractivity contribution >= 4 is 53.0 Å². The number of pyridine rings is 1. The maximum Gasteiger partial charge on any atom is 0.270 e. The number of hydrogen-bond donors (Lipinski definition) is 2. The summed E-state index contributed by atoms with van der Waals surface area (Å²) in [4.78, 5) is 21.1. The number of carbonyl (C=O) groups is 1. The molecule has 4 rings (SSSR count). The number of aromatic nitrogens is 2. The molecule has 0 aliphatic carbocycles. The second-order valence-corrected chi connectivity index (χ2v) is 7.12. The van der Waals surface area contributed by atoms with E-state index in [9.17, 15) is 9.90 Å². The molecule has 2 N–H and O–H groups in total. The minimum atomic E-state index is -0.386. The number of hydrogen-bond acceptors (Lipinski definition) is 6. The molecule has 0 bridgehead atoms. The summed E-state index contributed by atoms with van der Waals surface area (Å²) in [5, 5.41) is 10.5. The molecule has 26 heavy (non-hydrogen) atoms. The molecular weight excluding hydrogens is 368 g/mol. The lowest BCUT2D eigenvalue weighted by molar-refractivity contribution is 0.101. The van der Waals surface area contributed by atoms with Gasteiger partial charge in [0.05, 0.1) is 10.6 Å². The first-order valence-electron chi connectivity index (χ1n) is 7.65. The van der Waals surface area contributed by atoms with E-state index in [1.165, 1.54) is 28.4 Å². The molecule has 1 aliphatic rings. The van der Waals surface area contributed by atoms with Gasteiger partial charge in [-0.3, -0.25) is 20.2 Å². The normalized spacial score (nSPS) is 13.8. The van der Waals surface area contributed by atoms with E-state index >= 15 is 0 Å². The highest BCUT2D eigenvalue weighted by Gasteiger charge is 2.16. The number of para-hydroxylation sites is 1. The first kappa shape index (κ1) is 16.4. The van der Waals surface area contributed by atoms with E-state index in [4.69, 9.17) is 12.2 Å². The van der Waals surface area contributed by atoms with Gasteiger partial charge in [-0.15, -0.1) is 0 Å². The highest BCUT2D eigenvalue weighted by atomic mass is 32.1. The summed E-state index contributed by atoms with van der Waals surface area (Å²) in [6.45, 7) is 0. The molecule has 0 fully saturated rings. The van der Waals surface area contributed by atoms with Gasteiger partial charge in [-0.2, -0.15) is 4.68 Å². The van der Waals surface area contributed by atoms with Crippen molar-refractivity contribution in [3.05, 3.63) is 68.8 Å². The third-order valence-electron chi connectivity index (χ3n) is 3.81. The van der Waals surface area contributed by atoms with Crippen LogP contribution in [-0.2, 0) is 0 Å². The average molecular weight is 380 g/mol. The molecule has 0 spiro atoms. The first-order valence-corrected chi connectivity index (χ1v) is 8.87. The first-order chi connectivity index (χ1) is 12.6. The number of benzene rings is 1. The molecule has 3 aromatic rings. The van der Waals surface area contributed by atoms with Crippen LogP contribution < -0.4 is 5.43 Å². The number of fused-ring (bicyclic) bond motifs is 1. The number of rotatable bonds is 3. The molecule has 8 heteroatoms. The van der Waals surface area contributed by atoms with Gasteiger partial charge in [-0.25, -0.2) is 0 Å². The second kappa shape index (κ2) is 6.66. The van der Waals surface area contributed by atoms with Crippen molar-refractivity contribution in [1.29, 1.82) is 0 Å². The smallest absolute Gasteiger partial charge is 0.270 e. The molecule has 0 saturated carbocycles. The van der Waals surface area contributed by atoms with Crippen molar-refractivity contribution < 1.29 is 9.90 Å². The Hall–Kier alpha value is -3.10. The van der Waals surface area contributed by atoms with E-state index in [-0.39, 0.29) is 11.8 Å². The number of aromatic hydroxyl groups is 1. The van der Waals surface area contributed by atoms with E-state index in [1.807, 2.05) is 24.3 Å². The SMILES string of the molecule is O=C(Nn1c(O)c(/C=C2/C=Nc3ccccc32)sc1=S)c1ccncc1. The number of allylic oxidation sites excluding steroid dienone is 1. The fourth-order valence-corrected chi connectivity index (χ4v) is 3.72. The molecule has 1 aliphatic heterocycles. The van der Waals surface area contributed by atoms with Crippen molar-refractivity contribution in [3.8, 4) is 5.88 Å². The summed E-state index contributed by atoms with van der Waals surface area (Å²) < 4.78 is 1.53. The monoisotopic (exact) mass is 380 g/mol. The predicted molar refractivity (Wildman–Crippen MR) is 105 cm³/mol. The summed E-state index contributed by atoms with van der Waals surface area (Å²) in [6.07, 6.45) is 6.59. The Balaban J connectivity index is 1.66. The molecule has 128 valence electrons. The van der Waals surface area contributed by atoms with Crippen LogP contribution >= 0.6 is 23.6 Å². The predicted octanol–water partition coefficient (Wildman–Crippen LogP) is 4.02. The summed E-state index contributed by atoms with van der Waals surface area (Å²) >= 11 is 6.48. The molecule has 2 aromatic heterocycles. The van der Waals surface area contributed by atoms with Crippen LogP contribution in [0.1, 0.15) is 20.8 Å². The van der Waals surface area contributed by atoms with Gasteiger partial charge < -0.3 is 5.11 Å². The molecule has 0 saturated heterocycles.